The van der Waals surface area contributed by atoms with E-state index in [-0.39, 0.29) is 10.8 Å². The molecule has 3 N–H and O–H groups in total. The number of fused-ring (bicyclic) bond motifs is 10. The first-order valence-electron chi connectivity index (χ1n) is 20.9. The number of aromatic hydroxyl groups is 3. The Balaban J connectivity index is 0.000000126. The normalized spacial score (nSPS) is 28.9. The molecule has 3 aromatic rings. The van der Waals surface area contributed by atoms with Gasteiger partial charge in [-0.1, -0.05) is 107 Å². The fourth-order valence-electron chi connectivity index (χ4n) is 11.1. The Kier molecular flexibility index (Phi) is 13.2. The highest BCUT2D eigenvalue weighted by molar-refractivity contribution is 5.41. The number of rotatable bonds is 0. The predicted octanol–water partition coefficient (Wildman–Crippen LogP) is 13.4. The van der Waals surface area contributed by atoms with Gasteiger partial charge in [-0.3, -0.25) is 0 Å². The van der Waals surface area contributed by atoms with Crippen molar-refractivity contribution < 1.29 is 15.3 Å². The average molecular weight is 709 g/mol. The van der Waals surface area contributed by atoms with Gasteiger partial charge in [-0.15, -0.1) is 0 Å². The van der Waals surface area contributed by atoms with Crippen LogP contribution < -0.4 is 0 Å². The third-order valence-electron chi connectivity index (χ3n) is 13.7. The van der Waals surface area contributed by atoms with E-state index in [2.05, 4.69) is 41.5 Å². The summed E-state index contributed by atoms with van der Waals surface area (Å²) in [5.74, 6) is 10.7. The van der Waals surface area contributed by atoms with E-state index < -0.39 is 0 Å². The quantitative estimate of drug-likeness (QED) is 0.218. The Hall–Kier alpha value is -2.94. The SMILES string of the molecule is C1CC2C3CCC(C3)C2C1.C1CC2C3CCC(C3)C2C1.Cc1ccc(O)c(C(C)(C)C)c1.Cc1ccc(O)c(C(C)(C)C)c1.Cc1ccc(O)cc1. The molecule has 0 saturated heterocycles. The summed E-state index contributed by atoms with van der Waals surface area (Å²) >= 11 is 0. The zero-order valence-electron chi connectivity index (χ0n) is 34.2. The van der Waals surface area contributed by atoms with Gasteiger partial charge in [-0.25, -0.2) is 0 Å². The van der Waals surface area contributed by atoms with Gasteiger partial charge in [0.2, 0.25) is 0 Å². The molecular weight excluding hydrogens is 637 g/mol. The molecular formula is C49H72O3. The molecule has 8 atom stereocenters. The third kappa shape index (κ3) is 10.2. The van der Waals surface area contributed by atoms with Gasteiger partial charge in [0.05, 0.1) is 0 Å². The van der Waals surface area contributed by atoms with E-state index in [0.29, 0.717) is 17.2 Å². The first-order valence-corrected chi connectivity index (χ1v) is 20.9. The Bertz CT molecular complexity index is 1420. The maximum atomic E-state index is 9.57. The average Bonchev–Trinajstić information content (AvgIpc) is 3.93. The molecule has 286 valence electrons. The number of hydrogen-bond donors (Lipinski definition) is 3. The molecule has 0 aromatic heterocycles. The zero-order valence-corrected chi connectivity index (χ0v) is 34.2. The molecule has 0 spiro atoms. The second kappa shape index (κ2) is 17.0. The lowest BCUT2D eigenvalue weighted by atomic mass is 9.82. The molecule has 6 aliphatic rings. The Morgan fingerprint density at radius 2 is 0.731 bits per heavy atom. The minimum Gasteiger partial charge on any atom is -0.508 e. The Morgan fingerprint density at radius 1 is 0.423 bits per heavy atom. The van der Waals surface area contributed by atoms with Gasteiger partial charge in [-0.05, 0) is 179 Å². The number of benzene rings is 3. The molecule has 6 aliphatic carbocycles. The van der Waals surface area contributed by atoms with E-state index in [4.69, 9.17) is 5.11 Å². The van der Waals surface area contributed by atoms with E-state index in [1.54, 1.807) is 101 Å². The number of phenols is 3. The molecule has 4 bridgehead atoms. The minimum absolute atomic E-state index is 0.0239. The highest BCUT2D eigenvalue weighted by Gasteiger charge is 2.49. The van der Waals surface area contributed by atoms with Gasteiger partial charge in [0.1, 0.15) is 17.2 Å². The summed E-state index contributed by atoms with van der Waals surface area (Å²) in [5, 5.41) is 27.9. The molecule has 0 heterocycles. The Labute approximate surface area is 317 Å². The van der Waals surface area contributed by atoms with Gasteiger partial charge in [0.25, 0.3) is 0 Å². The van der Waals surface area contributed by atoms with Crippen LogP contribution in [0.1, 0.15) is 146 Å². The number of aryl methyl sites for hydroxylation is 3. The van der Waals surface area contributed by atoms with Crippen molar-refractivity contribution in [2.75, 3.05) is 0 Å². The van der Waals surface area contributed by atoms with Crippen molar-refractivity contribution in [2.45, 2.75) is 150 Å². The van der Waals surface area contributed by atoms with Crippen molar-refractivity contribution in [1.82, 2.24) is 0 Å². The van der Waals surface area contributed by atoms with Crippen molar-refractivity contribution in [3.63, 3.8) is 0 Å². The summed E-state index contributed by atoms with van der Waals surface area (Å²) in [5.41, 5.74) is 5.63. The summed E-state index contributed by atoms with van der Waals surface area (Å²) in [4.78, 5) is 0. The number of hydrogen-bond acceptors (Lipinski definition) is 3. The van der Waals surface area contributed by atoms with Crippen molar-refractivity contribution in [3.05, 3.63) is 88.5 Å². The van der Waals surface area contributed by atoms with Crippen molar-refractivity contribution >= 4 is 0 Å². The maximum absolute atomic E-state index is 9.57. The molecule has 0 radical (unpaired) electrons. The van der Waals surface area contributed by atoms with Crippen LogP contribution in [-0.2, 0) is 10.8 Å². The van der Waals surface area contributed by atoms with Crippen LogP contribution in [-0.4, -0.2) is 15.3 Å². The lowest BCUT2D eigenvalue weighted by molar-refractivity contribution is 0.259. The highest BCUT2D eigenvalue weighted by atomic mass is 16.3. The van der Waals surface area contributed by atoms with Gasteiger partial charge in [-0.2, -0.15) is 0 Å². The topological polar surface area (TPSA) is 60.7 Å². The maximum Gasteiger partial charge on any atom is 0.119 e. The van der Waals surface area contributed by atoms with Gasteiger partial charge >= 0.3 is 0 Å². The molecule has 0 amide bonds. The largest absolute Gasteiger partial charge is 0.508 e. The van der Waals surface area contributed by atoms with E-state index in [0.717, 1.165) is 11.1 Å². The summed E-state index contributed by atoms with van der Waals surface area (Å²) in [6.07, 6.45) is 19.1. The first-order chi connectivity index (χ1) is 24.5. The van der Waals surface area contributed by atoms with Gasteiger partial charge < -0.3 is 15.3 Å². The molecule has 0 aliphatic heterocycles. The van der Waals surface area contributed by atoms with Crippen LogP contribution in [0.5, 0.6) is 17.2 Å². The molecule has 8 unspecified atom stereocenters. The van der Waals surface area contributed by atoms with E-state index >= 15 is 0 Å². The number of phenolic OH excluding ortho intramolecular Hbond substituents is 3. The van der Waals surface area contributed by atoms with Crippen LogP contribution in [0.25, 0.3) is 0 Å². The van der Waals surface area contributed by atoms with Gasteiger partial charge in [0.15, 0.2) is 0 Å². The molecule has 3 heteroatoms. The third-order valence-corrected chi connectivity index (χ3v) is 13.7. The zero-order chi connectivity index (χ0) is 37.8. The summed E-state index contributed by atoms with van der Waals surface area (Å²) in [6, 6.07) is 18.5. The molecule has 6 fully saturated rings. The fraction of sp³-hybridized carbons (Fsp3) is 0.633. The van der Waals surface area contributed by atoms with Gasteiger partial charge in [0, 0.05) is 0 Å². The second-order valence-electron chi connectivity index (χ2n) is 19.6. The fourth-order valence-corrected chi connectivity index (χ4v) is 11.1. The summed E-state index contributed by atoms with van der Waals surface area (Å²) in [6.45, 7) is 18.7. The van der Waals surface area contributed by atoms with Crippen molar-refractivity contribution in [3.8, 4) is 17.2 Å². The molecule has 6 saturated carbocycles. The predicted molar refractivity (Wildman–Crippen MR) is 219 cm³/mol. The van der Waals surface area contributed by atoms with Crippen molar-refractivity contribution in [1.29, 1.82) is 0 Å². The molecule has 3 aromatic carbocycles. The van der Waals surface area contributed by atoms with Crippen LogP contribution in [0.2, 0.25) is 0 Å². The van der Waals surface area contributed by atoms with Crippen LogP contribution in [0.3, 0.4) is 0 Å². The lowest BCUT2D eigenvalue weighted by Gasteiger charge is -2.23. The van der Waals surface area contributed by atoms with E-state index in [9.17, 15) is 10.2 Å². The minimum atomic E-state index is 0.0239. The van der Waals surface area contributed by atoms with E-state index in [1.165, 1.54) is 64.0 Å². The van der Waals surface area contributed by atoms with Crippen LogP contribution in [0.15, 0.2) is 60.7 Å². The van der Waals surface area contributed by atoms with Crippen LogP contribution in [0, 0.1) is 68.1 Å². The molecule has 52 heavy (non-hydrogen) atoms. The second-order valence-corrected chi connectivity index (χ2v) is 19.6. The lowest BCUT2D eigenvalue weighted by Crippen LogP contribution is -2.15. The smallest absolute Gasteiger partial charge is 0.119 e. The standard InChI is InChI=1S/2C11H16O.2C10H16.C7H8O/c2*1-8-5-6-10(12)9(7-8)11(2,3)4;2*1-2-9-7-4-5-8(6-7)10(9)3-1;1-6-2-4-7(8)5-3-6/h2*5-7,12H,1-4H3;2*7-10H,1-6H2;2-5,8H,1H3. The van der Waals surface area contributed by atoms with Crippen LogP contribution in [0.4, 0.5) is 0 Å². The van der Waals surface area contributed by atoms with Crippen molar-refractivity contribution in [2.24, 2.45) is 47.3 Å². The summed E-state index contributed by atoms with van der Waals surface area (Å²) < 4.78 is 0. The Morgan fingerprint density at radius 3 is 1.00 bits per heavy atom. The molecule has 9 rings (SSSR count). The molecule has 3 nitrogen and oxygen atoms in total. The monoisotopic (exact) mass is 709 g/mol. The van der Waals surface area contributed by atoms with E-state index in [1.807, 2.05) is 57.2 Å². The first kappa shape index (κ1) is 40.2. The van der Waals surface area contributed by atoms with Crippen LogP contribution >= 0.6 is 0 Å². The summed E-state index contributed by atoms with van der Waals surface area (Å²) in [7, 11) is 0. The highest BCUT2D eigenvalue weighted by Crippen LogP contribution is 2.59.